The second kappa shape index (κ2) is 4.86. The number of hydrogen-bond acceptors (Lipinski definition) is 3. The van der Waals surface area contributed by atoms with Crippen LogP contribution in [0.5, 0.6) is 0 Å². The smallest absolute Gasteiger partial charge is 0.328 e. The molecule has 0 fully saturated rings. The minimum atomic E-state index is -1.15. The van der Waals surface area contributed by atoms with E-state index < -0.39 is 11.9 Å². The third kappa shape index (κ3) is 3.57. The van der Waals surface area contributed by atoms with Crippen LogP contribution in [0.3, 0.4) is 0 Å². The van der Waals surface area contributed by atoms with Crippen LogP contribution in [-0.2, 0) is 16.1 Å². The van der Waals surface area contributed by atoms with Crippen LogP contribution in [0.15, 0.2) is 35.2 Å². The van der Waals surface area contributed by atoms with Gasteiger partial charge in [0.15, 0.2) is 0 Å². The zero-order valence-corrected chi connectivity index (χ0v) is 7.27. The van der Waals surface area contributed by atoms with Gasteiger partial charge in [-0.2, -0.15) is 0 Å². The SMILES string of the molecule is O=C(O)/C=C/C(=O)NCc1ccoc1. The molecule has 1 aromatic heterocycles. The summed E-state index contributed by atoms with van der Waals surface area (Å²) in [4.78, 5) is 21.0. The second-order valence-corrected chi connectivity index (χ2v) is 2.52. The quantitative estimate of drug-likeness (QED) is 0.687. The Morgan fingerprint density at radius 3 is 2.86 bits per heavy atom. The van der Waals surface area contributed by atoms with Crippen LogP contribution in [0.2, 0.25) is 0 Å². The summed E-state index contributed by atoms with van der Waals surface area (Å²) in [5.41, 5.74) is 0.821. The number of aliphatic carboxylic acids is 1. The highest BCUT2D eigenvalue weighted by Crippen LogP contribution is 1.98. The molecule has 14 heavy (non-hydrogen) atoms. The van der Waals surface area contributed by atoms with Crippen LogP contribution in [0.4, 0.5) is 0 Å². The minimum Gasteiger partial charge on any atom is -0.478 e. The number of amides is 1. The van der Waals surface area contributed by atoms with Gasteiger partial charge in [0.1, 0.15) is 0 Å². The highest BCUT2D eigenvalue weighted by Gasteiger charge is 1.98. The Morgan fingerprint density at radius 2 is 2.29 bits per heavy atom. The first-order valence-electron chi connectivity index (χ1n) is 3.88. The number of carbonyl (C=O) groups is 2. The molecule has 0 aromatic carbocycles. The normalized spacial score (nSPS) is 10.3. The summed E-state index contributed by atoms with van der Waals surface area (Å²) < 4.78 is 4.78. The molecule has 0 atom stereocenters. The molecule has 1 rings (SSSR count). The molecule has 0 bridgehead atoms. The lowest BCUT2D eigenvalue weighted by atomic mass is 10.3. The number of carbonyl (C=O) groups excluding carboxylic acids is 1. The third-order valence-electron chi connectivity index (χ3n) is 1.42. The Hall–Kier alpha value is -2.04. The highest BCUT2D eigenvalue weighted by atomic mass is 16.4. The fraction of sp³-hybridized carbons (Fsp3) is 0.111. The predicted octanol–water partition coefficient (Wildman–Crippen LogP) is 0.537. The van der Waals surface area contributed by atoms with Crippen LogP contribution in [0.25, 0.3) is 0 Å². The predicted molar refractivity (Wildman–Crippen MR) is 47.3 cm³/mol. The molecule has 0 saturated carbocycles. The number of furan rings is 1. The molecular formula is C9H9NO4. The fourth-order valence-electron chi connectivity index (χ4n) is 0.788. The van der Waals surface area contributed by atoms with E-state index in [1.165, 1.54) is 12.5 Å². The Balaban J connectivity index is 2.32. The standard InChI is InChI=1S/C9H9NO4/c11-8(1-2-9(12)13)10-5-7-3-4-14-6-7/h1-4,6H,5H2,(H,10,11)(H,12,13)/b2-1+. The third-order valence-corrected chi connectivity index (χ3v) is 1.42. The monoisotopic (exact) mass is 195 g/mol. The van der Waals surface area contributed by atoms with Gasteiger partial charge in [0.2, 0.25) is 5.91 Å². The summed E-state index contributed by atoms with van der Waals surface area (Å²) in [6.45, 7) is 0.319. The van der Waals surface area contributed by atoms with Crippen molar-refractivity contribution in [2.45, 2.75) is 6.54 Å². The van der Waals surface area contributed by atoms with Crippen molar-refractivity contribution in [1.82, 2.24) is 5.32 Å². The molecule has 0 saturated heterocycles. The first-order chi connectivity index (χ1) is 6.68. The van der Waals surface area contributed by atoms with Crippen molar-refractivity contribution >= 4 is 11.9 Å². The van der Waals surface area contributed by atoms with Crippen LogP contribution in [-0.4, -0.2) is 17.0 Å². The number of rotatable bonds is 4. The average molecular weight is 195 g/mol. The Morgan fingerprint density at radius 1 is 1.50 bits per heavy atom. The second-order valence-electron chi connectivity index (χ2n) is 2.52. The van der Waals surface area contributed by atoms with Gasteiger partial charge in [-0.3, -0.25) is 4.79 Å². The minimum absolute atomic E-state index is 0.319. The van der Waals surface area contributed by atoms with Crippen LogP contribution in [0.1, 0.15) is 5.56 Å². The first-order valence-corrected chi connectivity index (χ1v) is 3.88. The molecule has 74 valence electrons. The molecule has 1 aromatic rings. The lowest BCUT2D eigenvalue weighted by Crippen LogP contribution is -2.20. The van der Waals surface area contributed by atoms with Crippen LogP contribution in [0, 0.1) is 0 Å². The number of hydrogen-bond donors (Lipinski definition) is 2. The van der Waals surface area contributed by atoms with E-state index >= 15 is 0 Å². The van der Waals surface area contributed by atoms with Crippen molar-refractivity contribution in [1.29, 1.82) is 0 Å². The summed E-state index contributed by atoms with van der Waals surface area (Å²) in [5, 5.41) is 10.7. The number of carboxylic acid groups (broad SMARTS) is 1. The number of carboxylic acids is 1. The van der Waals surface area contributed by atoms with Crippen molar-refractivity contribution in [2.24, 2.45) is 0 Å². The molecule has 1 amide bonds. The van der Waals surface area contributed by atoms with Gasteiger partial charge >= 0.3 is 5.97 Å². The van der Waals surface area contributed by atoms with Gasteiger partial charge in [0.25, 0.3) is 0 Å². The summed E-state index contributed by atoms with van der Waals surface area (Å²) in [6, 6.07) is 1.71. The van der Waals surface area contributed by atoms with E-state index in [0.717, 1.165) is 17.7 Å². The zero-order chi connectivity index (χ0) is 10.4. The molecule has 1 heterocycles. The van der Waals surface area contributed by atoms with Gasteiger partial charge in [-0.05, 0) is 6.07 Å². The van der Waals surface area contributed by atoms with Crippen molar-refractivity contribution in [3.63, 3.8) is 0 Å². The summed E-state index contributed by atoms with van der Waals surface area (Å²) in [5.74, 6) is -1.60. The Labute approximate surface area is 80.0 Å². The fourth-order valence-corrected chi connectivity index (χ4v) is 0.788. The van der Waals surface area contributed by atoms with Crippen molar-refractivity contribution in [3.05, 3.63) is 36.3 Å². The van der Waals surface area contributed by atoms with Gasteiger partial charge in [0, 0.05) is 24.3 Å². The van der Waals surface area contributed by atoms with Crippen molar-refractivity contribution in [2.75, 3.05) is 0 Å². The topological polar surface area (TPSA) is 79.5 Å². The summed E-state index contributed by atoms with van der Waals surface area (Å²) >= 11 is 0. The Bertz CT molecular complexity index is 340. The molecule has 0 aliphatic heterocycles. The molecule has 0 aliphatic carbocycles. The molecule has 0 aliphatic rings. The van der Waals surface area contributed by atoms with E-state index in [2.05, 4.69) is 5.32 Å². The zero-order valence-electron chi connectivity index (χ0n) is 7.27. The van der Waals surface area contributed by atoms with Gasteiger partial charge in [-0.15, -0.1) is 0 Å². The van der Waals surface area contributed by atoms with Crippen molar-refractivity contribution < 1.29 is 19.1 Å². The maximum Gasteiger partial charge on any atom is 0.328 e. The maximum atomic E-state index is 11.0. The highest BCUT2D eigenvalue weighted by molar-refractivity contribution is 5.93. The molecule has 0 radical (unpaired) electrons. The lowest BCUT2D eigenvalue weighted by Gasteiger charge is -1.97. The molecule has 0 unspecified atom stereocenters. The van der Waals surface area contributed by atoms with E-state index in [0.29, 0.717) is 6.54 Å². The summed E-state index contributed by atoms with van der Waals surface area (Å²) in [6.07, 6.45) is 4.74. The van der Waals surface area contributed by atoms with Crippen molar-refractivity contribution in [3.8, 4) is 0 Å². The molecule has 2 N–H and O–H groups in total. The largest absolute Gasteiger partial charge is 0.478 e. The molecule has 5 heteroatoms. The van der Waals surface area contributed by atoms with E-state index in [4.69, 9.17) is 9.52 Å². The van der Waals surface area contributed by atoms with E-state index in [1.807, 2.05) is 0 Å². The van der Waals surface area contributed by atoms with Crippen LogP contribution < -0.4 is 5.32 Å². The van der Waals surface area contributed by atoms with Gasteiger partial charge in [0.05, 0.1) is 12.5 Å². The molecule has 5 nitrogen and oxygen atoms in total. The van der Waals surface area contributed by atoms with Crippen LogP contribution >= 0.6 is 0 Å². The molecule has 0 spiro atoms. The van der Waals surface area contributed by atoms with E-state index in [1.54, 1.807) is 6.07 Å². The van der Waals surface area contributed by atoms with Gasteiger partial charge in [-0.25, -0.2) is 4.79 Å². The van der Waals surface area contributed by atoms with E-state index in [-0.39, 0.29) is 0 Å². The number of nitrogens with one attached hydrogen (secondary N) is 1. The molecular weight excluding hydrogens is 186 g/mol. The summed E-state index contributed by atoms with van der Waals surface area (Å²) in [7, 11) is 0. The maximum absolute atomic E-state index is 11.0. The first kappa shape index (κ1) is 10.0. The van der Waals surface area contributed by atoms with Gasteiger partial charge < -0.3 is 14.8 Å². The van der Waals surface area contributed by atoms with E-state index in [9.17, 15) is 9.59 Å². The lowest BCUT2D eigenvalue weighted by molar-refractivity contribution is -0.131. The average Bonchev–Trinajstić information content (AvgIpc) is 2.63. The Kier molecular flexibility index (Phi) is 3.49. The van der Waals surface area contributed by atoms with Gasteiger partial charge in [-0.1, -0.05) is 0 Å².